The van der Waals surface area contributed by atoms with Crippen LogP contribution in [0.2, 0.25) is 0 Å². The van der Waals surface area contributed by atoms with Crippen LogP contribution >= 0.6 is 0 Å². The molecule has 0 aromatic carbocycles. The molecule has 7 heteroatoms. The molecular weight excluding hydrogens is 362 g/mol. The third-order valence-corrected chi connectivity index (χ3v) is 5.29. The molecule has 0 radical (unpaired) electrons. The van der Waals surface area contributed by atoms with E-state index in [0.717, 1.165) is 19.3 Å². The van der Waals surface area contributed by atoms with E-state index < -0.39 is 30.3 Å². The zero-order chi connectivity index (χ0) is 19.1. The van der Waals surface area contributed by atoms with Gasteiger partial charge in [-0.25, -0.2) is 4.39 Å². The van der Waals surface area contributed by atoms with Crippen molar-refractivity contribution in [3.8, 4) is 0 Å². The van der Waals surface area contributed by atoms with Gasteiger partial charge in [0.1, 0.15) is 11.9 Å². The number of hydrogen-bond donors (Lipinski definition) is 3. The molecule has 0 bridgehead atoms. The number of hydrogen-bond acceptors (Lipinski definition) is 4. The Kier molecular flexibility index (Phi) is 11.2. The Morgan fingerprint density at radius 3 is 2.81 bits per heavy atom. The minimum absolute atomic E-state index is 0. The number of aliphatic carboxylic acids is 1. The van der Waals surface area contributed by atoms with Gasteiger partial charge in [-0.1, -0.05) is 38.3 Å². The van der Waals surface area contributed by atoms with Crippen molar-refractivity contribution in [1.82, 2.24) is 0 Å². The summed E-state index contributed by atoms with van der Waals surface area (Å²) in [5.41, 5.74) is 0. The van der Waals surface area contributed by atoms with Crippen LogP contribution < -0.4 is 29.6 Å². The molecule has 1 saturated heterocycles. The number of rotatable bonds is 10. The molecule has 1 heterocycles. The van der Waals surface area contributed by atoms with Crippen LogP contribution in [0.1, 0.15) is 59.7 Å². The Balaban J connectivity index is 0.00000364. The maximum absolute atomic E-state index is 14.8. The minimum atomic E-state index is -1.30. The second kappa shape index (κ2) is 12.2. The fourth-order valence-corrected chi connectivity index (χ4v) is 3.87. The standard InChI is InChI=1S/C20H31FO5.Na.H/c1-2-3-4-7-13(22)10-11-14-15(23)12-17-19(14)20(21)16(26-17)8-5-6-9-18(24)25;;/h8,10-11,13-15,17,19-20,22-23H,2-7,9,12H2,1H3,(H,24,25);;/q;+1;-1/b11-10+,16-8-;;/t13-,14-,15+,17-,19+,20?;;/m0../s1. The summed E-state index contributed by atoms with van der Waals surface area (Å²) < 4.78 is 20.5. The van der Waals surface area contributed by atoms with E-state index in [1.807, 2.05) is 0 Å². The number of unbranched alkanes of at least 4 members (excludes halogenated alkanes) is 3. The Morgan fingerprint density at radius 2 is 2.15 bits per heavy atom. The number of fused-ring (bicyclic) bond motifs is 1. The van der Waals surface area contributed by atoms with E-state index in [-0.39, 0.29) is 55.2 Å². The van der Waals surface area contributed by atoms with Gasteiger partial charge in [-0.05, 0) is 25.3 Å². The van der Waals surface area contributed by atoms with Crippen LogP contribution in [-0.4, -0.2) is 45.8 Å². The molecule has 27 heavy (non-hydrogen) atoms. The summed E-state index contributed by atoms with van der Waals surface area (Å²) in [6.07, 6.45) is 7.25. The van der Waals surface area contributed by atoms with Crippen molar-refractivity contribution in [3.63, 3.8) is 0 Å². The molecule has 6 atom stereocenters. The average molecular weight is 394 g/mol. The smallest absolute Gasteiger partial charge is 1.00 e. The van der Waals surface area contributed by atoms with E-state index in [9.17, 15) is 19.4 Å². The molecule has 2 aliphatic rings. The van der Waals surface area contributed by atoms with Crippen molar-refractivity contribution in [2.24, 2.45) is 11.8 Å². The second-order valence-corrected chi connectivity index (χ2v) is 7.36. The van der Waals surface area contributed by atoms with Crippen LogP contribution in [0.15, 0.2) is 24.0 Å². The summed E-state index contributed by atoms with van der Waals surface area (Å²) in [4.78, 5) is 10.5. The van der Waals surface area contributed by atoms with Crippen LogP contribution in [-0.2, 0) is 9.53 Å². The van der Waals surface area contributed by atoms with Gasteiger partial charge in [-0.2, -0.15) is 0 Å². The summed E-state index contributed by atoms with van der Waals surface area (Å²) >= 11 is 0. The van der Waals surface area contributed by atoms with Crippen molar-refractivity contribution < 1.29 is 60.2 Å². The predicted octanol–water partition coefficient (Wildman–Crippen LogP) is 0.473. The molecule has 1 aliphatic carbocycles. The molecule has 0 aromatic heterocycles. The van der Waals surface area contributed by atoms with E-state index in [1.54, 1.807) is 18.2 Å². The molecule has 1 aliphatic heterocycles. The number of ether oxygens (including phenoxy) is 1. The number of halogens is 1. The molecule has 150 valence electrons. The van der Waals surface area contributed by atoms with Gasteiger partial charge >= 0.3 is 35.5 Å². The first kappa shape index (κ1) is 24.6. The van der Waals surface area contributed by atoms with Crippen LogP contribution in [0.3, 0.4) is 0 Å². The molecule has 2 fully saturated rings. The first-order valence-electron chi connectivity index (χ1n) is 9.71. The van der Waals surface area contributed by atoms with Crippen LogP contribution in [0.25, 0.3) is 0 Å². The largest absolute Gasteiger partial charge is 1.00 e. The molecule has 2 rings (SSSR count). The van der Waals surface area contributed by atoms with Crippen molar-refractivity contribution in [2.45, 2.75) is 82.8 Å². The number of carboxylic acid groups (broad SMARTS) is 1. The molecule has 0 amide bonds. The maximum atomic E-state index is 14.8. The van der Waals surface area contributed by atoms with E-state index in [0.29, 0.717) is 25.7 Å². The van der Waals surface area contributed by atoms with Gasteiger partial charge in [0.2, 0.25) is 0 Å². The third-order valence-electron chi connectivity index (χ3n) is 5.29. The SMILES string of the molecule is CCCCC[C@H](O)/C=C/[C@@H]1[C@H]2C(F)/C(=C/CCCC(=O)O)O[C@H]2C[C@H]1O.[H-].[Na+]. The van der Waals surface area contributed by atoms with Gasteiger partial charge < -0.3 is 21.5 Å². The van der Waals surface area contributed by atoms with Gasteiger partial charge in [-0.3, -0.25) is 4.79 Å². The maximum Gasteiger partial charge on any atom is 1.00 e. The molecule has 3 N–H and O–H groups in total. The Hall–Kier alpha value is -0.400. The number of carboxylic acids is 1. The van der Waals surface area contributed by atoms with Gasteiger partial charge in [0.15, 0.2) is 6.17 Å². The molecule has 5 nitrogen and oxygen atoms in total. The Labute approximate surface area is 184 Å². The average Bonchev–Trinajstić information content (AvgIpc) is 3.05. The minimum Gasteiger partial charge on any atom is -1.00 e. The van der Waals surface area contributed by atoms with E-state index in [1.165, 1.54) is 0 Å². The van der Waals surface area contributed by atoms with E-state index in [2.05, 4.69) is 6.92 Å². The third kappa shape index (κ3) is 7.17. The van der Waals surface area contributed by atoms with E-state index in [4.69, 9.17) is 9.84 Å². The normalized spacial score (nSPS) is 32.3. The van der Waals surface area contributed by atoms with E-state index >= 15 is 0 Å². The Bertz CT molecular complexity index is 531. The monoisotopic (exact) mass is 394 g/mol. The predicted molar refractivity (Wildman–Crippen MR) is 97.3 cm³/mol. The van der Waals surface area contributed by atoms with Gasteiger partial charge in [0.25, 0.3) is 0 Å². The zero-order valence-corrected chi connectivity index (χ0v) is 18.4. The van der Waals surface area contributed by atoms with Crippen LogP contribution in [0, 0.1) is 11.8 Å². The number of allylic oxidation sites excluding steroid dienone is 2. The summed E-state index contributed by atoms with van der Waals surface area (Å²) in [6, 6.07) is 0. The van der Waals surface area contributed by atoms with Crippen molar-refractivity contribution in [1.29, 1.82) is 0 Å². The molecule has 0 aromatic rings. The van der Waals surface area contributed by atoms with Crippen molar-refractivity contribution >= 4 is 5.97 Å². The van der Waals surface area contributed by atoms with Gasteiger partial charge in [-0.15, -0.1) is 0 Å². The first-order valence-corrected chi connectivity index (χ1v) is 9.71. The summed E-state index contributed by atoms with van der Waals surface area (Å²) in [7, 11) is 0. The topological polar surface area (TPSA) is 87.0 Å². The molecule has 1 unspecified atom stereocenters. The summed E-state index contributed by atoms with van der Waals surface area (Å²) in [5.74, 6) is -1.43. The number of aliphatic hydroxyl groups is 2. The quantitative estimate of drug-likeness (QED) is 0.285. The molecule has 1 saturated carbocycles. The fraction of sp³-hybridized carbons (Fsp3) is 0.750. The number of aliphatic hydroxyl groups excluding tert-OH is 2. The fourth-order valence-electron chi connectivity index (χ4n) is 3.87. The second-order valence-electron chi connectivity index (χ2n) is 7.36. The van der Waals surface area contributed by atoms with Gasteiger partial charge in [0, 0.05) is 24.7 Å². The summed E-state index contributed by atoms with van der Waals surface area (Å²) in [5, 5.41) is 28.9. The van der Waals surface area contributed by atoms with Crippen molar-refractivity contribution in [3.05, 3.63) is 24.0 Å². The summed E-state index contributed by atoms with van der Waals surface area (Å²) in [6.45, 7) is 2.10. The van der Waals surface area contributed by atoms with Crippen LogP contribution in [0.4, 0.5) is 4.39 Å². The Morgan fingerprint density at radius 1 is 1.41 bits per heavy atom. The van der Waals surface area contributed by atoms with Gasteiger partial charge in [0.05, 0.1) is 12.2 Å². The number of carbonyl (C=O) groups is 1. The van der Waals surface area contributed by atoms with Crippen LogP contribution in [0.5, 0.6) is 0 Å². The number of alkyl halides is 1. The van der Waals surface area contributed by atoms with Crippen molar-refractivity contribution in [2.75, 3.05) is 0 Å². The molecular formula is C20H32FNaO5. The first-order chi connectivity index (χ1) is 12.4. The molecule has 0 spiro atoms. The zero-order valence-electron chi connectivity index (χ0n) is 17.4.